The van der Waals surface area contributed by atoms with E-state index in [2.05, 4.69) is 31.7 Å². The van der Waals surface area contributed by atoms with Gasteiger partial charge in [-0.3, -0.25) is 20.4 Å². The SMILES string of the molecule is CC[C@H](C)[C@@H](NC(N)=O)C(=O)NNC(=O)CSc1nnc(Nc2cccc(OC)c2)s1. The number of hydrogen-bond donors (Lipinski definition) is 5. The quantitative estimate of drug-likeness (QED) is 0.260. The van der Waals surface area contributed by atoms with Crippen LogP contribution in [0.4, 0.5) is 15.6 Å². The topological polar surface area (TPSA) is 160 Å². The third-order valence-electron chi connectivity index (χ3n) is 4.17. The summed E-state index contributed by atoms with van der Waals surface area (Å²) in [6.07, 6.45) is 0.644. The molecule has 1 heterocycles. The minimum atomic E-state index is -0.844. The highest BCUT2D eigenvalue weighted by Crippen LogP contribution is 2.28. The highest BCUT2D eigenvalue weighted by molar-refractivity contribution is 8.01. The third kappa shape index (κ3) is 7.94. The zero-order valence-corrected chi connectivity index (χ0v) is 18.9. The Morgan fingerprint density at radius 1 is 1.26 bits per heavy atom. The van der Waals surface area contributed by atoms with Crippen molar-refractivity contribution in [3.63, 3.8) is 0 Å². The van der Waals surface area contributed by atoms with E-state index in [0.717, 1.165) is 5.69 Å². The van der Waals surface area contributed by atoms with Crippen molar-refractivity contribution in [1.82, 2.24) is 26.4 Å². The van der Waals surface area contributed by atoms with Crippen molar-refractivity contribution in [2.75, 3.05) is 18.2 Å². The first-order valence-corrected chi connectivity index (χ1v) is 11.1. The first-order chi connectivity index (χ1) is 14.8. The molecule has 168 valence electrons. The number of primary amides is 1. The summed E-state index contributed by atoms with van der Waals surface area (Å²) in [5.74, 6) is -0.407. The second-order valence-corrected chi connectivity index (χ2v) is 8.63. The van der Waals surface area contributed by atoms with Crippen molar-refractivity contribution in [2.45, 2.75) is 30.6 Å². The average molecular weight is 468 g/mol. The molecule has 0 fully saturated rings. The molecule has 0 saturated carbocycles. The summed E-state index contributed by atoms with van der Waals surface area (Å²) < 4.78 is 5.76. The highest BCUT2D eigenvalue weighted by Gasteiger charge is 2.25. The average Bonchev–Trinajstić information content (AvgIpc) is 3.21. The van der Waals surface area contributed by atoms with Crippen LogP contribution in [0.5, 0.6) is 5.75 Å². The van der Waals surface area contributed by atoms with E-state index in [9.17, 15) is 14.4 Å². The highest BCUT2D eigenvalue weighted by atomic mass is 32.2. The van der Waals surface area contributed by atoms with Crippen molar-refractivity contribution in [3.05, 3.63) is 24.3 Å². The van der Waals surface area contributed by atoms with E-state index in [-0.39, 0.29) is 11.7 Å². The van der Waals surface area contributed by atoms with Gasteiger partial charge in [0, 0.05) is 11.8 Å². The van der Waals surface area contributed by atoms with E-state index >= 15 is 0 Å². The smallest absolute Gasteiger partial charge is 0.312 e. The summed E-state index contributed by atoms with van der Waals surface area (Å²) in [7, 11) is 1.59. The van der Waals surface area contributed by atoms with Crippen LogP contribution in [0.1, 0.15) is 20.3 Å². The van der Waals surface area contributed by atoms with Gasteiger partial charge in [-0.2, -0.15) is 0 Å². The summed E-state index contributed by atoms with van der Waals surface area (Å²) in [6, 6.07) is 5.72. The number of rotatable bonds is 10. The van der Waals surface area contributed by atoms with Crippen molar-refractivity contribution in [3.8, 4) is 5.75 Å². The molecule has 2 aromatic rings. The van der Waals surface area contributed by atoms with Gasteiger partial charge in [-0.25, -0.2) is 4.79 Å². The Morgan fingerprint density at radius 2 is 2.03 bits per heavy atom. The Morgan fingerprint density at radius 3 is 2.71 bits per heavy atom. The number of aromatic nitrogens is 2. The molecule has 0 unspecified atom stereocenters. The maximum absolute atomic E-state index is 12.2. The van der Waals surface area contributed by atoms with Crippen molar-refractivity contribution in [1.29, 1.82) is 0 Å². The molecular formula is C18H25N7O4S2. The Bertz CT molecular complexity index is 909. The number of benzene rings is 1. The molecule has 0 aliphatic heterocycles. The van der Waals surface area contributed by atoms with Gasteiger partial charge in [0.25, 0.3) is 5.91 Å². The van der Waals surface area contributed by atoms with Crippen LogP contribution in [0.3, 0.4) is 0 Å². The number of nitrogens with one attached hydrogen (secondary N) is 4. The normalized spacial score (nSPS) is 12.4. The van der Waals surface area contributed by atoms with Crippen LogP contribution in [0.25, 0.3) is 0 Å². The van der Waals surface area contributed by atoms with Gasteiger partial charge in [-0.1, -0.05) is 49.4 Å². The lowest BCUT2D eigenvalue weighted by atomic mass is 9.99. The van der Waals surface area contributed by atoms with Crippen LogP contribution in [-0.2, 0) is 9.59 Å². The van der Waals surface area contributed by atoms with Gasteiger partial charge in [0.2, 0.25) is 11.0 Å². The fourth-order valence-corrected chi connectivity index (χ4v) is 3.94. The first kappa shape index (κ1) is 24.2. The Kier molecular flexibility index (Phi) is 9.34. The maximum atomic E-state index is 12.2. The lowest BCUT2D eigenvalue weighted by molar-refractivity contribution is -0.129. The molecule has 2 atom stereocenters. The fourth-order valence-electron chi connectivity index (χ4n) is 2.37. The zero-order valence-electron chi connectivity index (χ0n) is 17.3. The summed E-state index contributed by atoms with van der Waals surface area (Å²) in [4.78, 5) is 35.4. The van der Waals surface area contributed by atoms with Crippen LogP contribution in [0.2, 0.25) is 0 Å². The zero-order chi connectivity index (χ0) is 22.8. The van der Waals surface area contributed by atoms with Gasteiger partial charge in [0.15, 0.2) is 4.34 Å². The number of nitrogens with zero attached hydrogens (tertiary/aromatic N) is 2. The predicted octanol–water partition coefficient (Wildman–Crippen LogP) is 1.61. The van der Waals surface area contributed by atoms with E-state index in [1.165, 1.54) is 23.1 Å². The molecule has 0 aliphatic rings. The van der Waals surface area contributed by atoms with E-state index in [1.807, 2.05) is 31.2 Å². The molecule has 0 saturated heterocycles. The molecule has 1 aromatic carbocycles. The van der Waals surface area contributed by atoms with E-state index in [1.54, 1.807) is 14.0 Å². The van der Waals surface area contributed by atoms with Crippen LogP contribution in [0, 0.1) is 5.92 Å². The molecule has 0 aliphatic carbocycles. The lowest BCUT2D eigenvalue weighted by Crippen LogP contribution is -2.55. The van der Waals surface area contributed by atoms with Crippen molar-refractivity contribution >= 4 is 51.8 Å². The van der Waals surface area contributed by atoms with Crippen molar-refractivity contribution in [2.24, 2.45) is 11.7 Å². The van der Waals surface area contributed by atoms with Gasteiger partial charge in [-0.05, 0) is 18.1 Å². The predicted molar refractivity (Wildman–Crippen MR) is 119 cm³/mol. The summed E-state index contributed by atoms with van der Waals surface area (Å²) >= 11 is 2.46. The molecular weight excluding hydrogens is 442 g/mol. The molecule has 1 aromatic heterocycles. The monoisotopic (exact) mass is 467 g/mol. The van der Waals surface area contributed by atoms with Crippen molar-refractivity contribution < 1.29 is 19.1 Å². The number of thioether (sulfide) groups is 1. The molecule has 2 rings (SSSR count). The largest absolute Gasteiger partial charge is 0.497 e. The standard InChI is InChI=1S/C18H25N7O4S2/c1-4-10(2)14(21-16(19)28)15(27)23-22-13(26)9-30-18-25-24-17(31-18)20-11-6-5-7-12(8-11)29-3/h5-8,10,14H,4,9H2,1-3H3,(H,20,24)(H,22,26)(H,23,27)(H3,19,21,28)/t10-,14+/m0/s1. The number of amides is 4. The van der Waals surface area contributed by atoms with Crippen LogP contribution >= 0.6 is 23.1 Å². The number of ether oxygens (including phenoxy) is 1. The molecule has 0 radical (unpaired) electrons. The van der Waals surface area contributed by atoms with Gasteiger partial charge in [0.05, 0.1) is 12.9 Å². The maximum Gasteiger partial charge on any atom is 0.312 e. The second-order valence-electron chi connectivity index (χ2n) is 6.43. The van der Waals surface area contributed by atoms with Crippen LogP contribution in [-0.4, -0.2) is 46.9 Å². The molecule has 0 bridgehead atoms. The molecule has 6 N–H and O–H groups in total. The second kappa shape index (κ2) is 12.0. The number of nitrogens with two attached hydrogens (primary N) is 1. The lowest BCUT2D eigenvalue weighted by Gasteiger charge is -2.22. The number of carbonyl (C=O) groups excluding carboxylic acids is 3. The van der Waals surface area contributed by atoms with Gasteiger partial charge in [0.1, 0.15) is 11.8 Å². The minimum absolute atomic E-state index is 0.0192. The number of carbonyl (C=O) groups is 3. The third-order valence-corrected chi connectivity index (χ3v) is 6.14. The first-order valence-electron chi connectivity index (χ1n) is 9.34. The van der Waals surface area contributed by atoms with E-state index in [0.29, 0.717) is 21.6 Å². The minimum Gasteiger partial charge on any atom is -0.497 e. The number of hydrogen-bond acceptors (Lipinski definition) is 9. The number of anilines is 2. The van der Waals surface area contributed by atoms with E-state index < -0.39 is 23.9 Å². The molecule has 11 nitrogen and oxygen atoms in total. The Hall–Kier alpha value is -3.06. The Labute approximate surface area is 187 Å². The fraction of sp³-hybridized carbons (Fsp3) is 0.389. The van der Waals surface area contributed by atoms with Crippen LogP contribution in [0.15, 0.2) is 28.6 Å². The van der Waals surface area contributed by atoms with Crippen LogP contribution < -0.4 is 32.0 Å². The van der Waals surface area contributed by atoms with Gasteiger partial charge < -0.3 is 21.1 Å². The van der Waals surface area contributed by atoms with Gasteiger partial charge >= 0.3 is 6.03 Å². The van der Waals surface area contributed by atoms with Gasteiger partial charge in [-0.15, -0.1) is 10.2 Å². The number of hydrazine groups is 1. The molecule has 4 amide bonds. The number of methoxy groups -OCH3 is 1. The molecule has 31 heavy (non-hydrogen) atoms. The molecule has 13 heteroatoms. The molecule has 0 spiro atoms. The Balaban J connectivity index is 1.80. The van der Waals surface area contributed by atoms with E-state index in [4.69, 9.17) is 10.5 Å². The summed E-state index contributed by atoms with van der Waals surface area (Å²) in [5.41, 5.74) is 10.5. The summed E-state index contributed by atoms with van der Waals surface area (Å²) in [5, 5.41) is 14.1. The number of urea groups is 1. The summed E-state index contributed by atoms with van der Waals surface area (Å²) in [6.45, 7) is 3.67.